The van der Waals surface area contributed by atoms with Crippen LogP contribution in [0.25, 0.3) is 0 Å². The number of hydrogen-bond acceptors (Lipinski definition) is 6. The maximum absolute atomic E-state index is 11.6. The molecular formula is C8H10N4O5. The minimum Gasteiger partial charge on any atom is -0.389 e. The van der Waals surface area contributed by atoms with Gasteiger partial charge in [0.2, 0.25) is 0 Å². The molecule has 0 radical (unpaired) electrons. The molecule has 0 bridgehead atoms. The summed E-state index contributed by atoms with van der Waals surface area (Å²) in [6.07, 6.45) is 0.647. The molecule has 1 aromatic heterocycles. The van der Waals surface area contributed by atoms with Crippen LogP contribution in [0.2, 0.25) is 0 Å². The first-order chi connectivity index (χ1) is 8.06. The van der Waals surface area contributed by atoms with Crippen LogP contribution in [0.1, 0.15) is 0 Å². The highest BCUT2D eigenvalue weighted by Crippen LogP contribution is 2.08. The van der Waals surface area contributed by atoms with E-state index < -0.39 is 16.9 Å². The minimum absolute atomic E-state index is 0.0744. The Kier molecular flexibility index (Phi) is 3.02. The van der Waals surface area contributed by atoms with Crippen LogP contribution in [0.5, 0.6) is 0 Å². The predicted octanol–water partition coefficient (Wildman–Crippen LogP) is -1.07. The molecule has 0 aliphatic carbocycles. The van der Waals surface area contributed by atoms with Crippen molar-refractivity contribution in [1.82, 2.24) is 14.8 Å². The minimum atomic E-state index is -0.689. The topological polar surface area (TPSA) is 111 Å². The van der Waals surface area contributed by atoms with Gasteiger partial charge in [0.25, 0.3) is 5.91 Å². The molecule has 1 saturated heterocycles. The van der Waals surface area contributed by atoms with Gasteiger partial charge in [-0.25, -0.2) is 5.06 Å². The van der Waals surface area contributed by atoms with E-state index in [2.05, 4.69) is 5.10 Å². The fourth-order valence-corrected chi connectivity index (χ4v) is 1.40. The van der Waals surface area contributed by atoms with E-state index in [0.29, 0.717) is 0 Å². The molecule has 0 unspecified atom stereocenters. The molecule has 0 saturated carbocycles. The fraction of sp³-hybridized carbons (Fsp3) is 0.500. The third-order valence-corrected chi connectivity index (χ3v) is 2.19. The Bertz CT molecular complexity index is 445. The average molecular weight is 242 g/mol. The third-order valence-electron chi connectivity index (χ3n) is 2.19. The van der Waals surface area contributed by atoms with Gasteiger partial charge in [-0.05, 0) is 4.92 Å². The maximum Gasteiger partial charge on any atom is 0.389 e. The number of aliphatic hydroxyl groups excluding tert-OH is 1. The SMILES string of the molecule is O=C(Cn1ccc([N+](=O)[O-])n1)N1C[C@@H](O)CO1. The summed E-state index contributed by atoms with van der Waals surface area (Å²) in [5, 5.41) is 24.2. The molecule has 9 heteroatoms. The number of aliphatic hydroxyl groups is 1. The molecule has 1 aromatic rings. The molecule has 2 rings (SSSR count). The van der Waals surface area contributed by atoms with Crippen LogP contribution in [-0.2, 0) is 16.2 Å². The van der Waals surface area contributed by atoms with Gasteiger partial charge >= 0.3 is 5.82 Å². The highest BCUT2D eigenvalue weighted by Gasteiger charge is 2.27. The highest BCUT2D eigenvalue weighted by molar-refractivity contribution is 5.75. The molecule has 92 valence electrons. The van der Waals surface area contributed by atoms with Gasteiger partial charge in [-0.2, -0.15) is 4.68 Å². The Labute approximate surface area is 95.3 Å². The number of β-amino-alcohol motifs (C(OH)–C–C–N with tert-alkyl or cyclic N) is 1. The normalized spacial score (nSPS) is 19.6. The van der Waals surface area contributed by atoms with E-state index in [-0.39, 0.29) is 25.5 Å². The van der Waals surface area contributed by atoms with E-state index in [0.717, 1.165) is 9.75 Å². The van der Waals surface area contributed by atoms with Crippen LogP contribution in [-0.4, -0.2) is 50.0 Å². The average Bonchev–Trinajstić information content (AvgIpc) is 2.86. The number of rotatable bonds is 3. The van der Waals surface area contributed by atoms with Crippen LogP contribution in [0.15, 0.2) is 12.3 Å². The molecule has 0 aromatic carbocycles. The van der Waals surface area contributed by atoms with Crippen molar-refractivity contribution in [1.29, 1.82) is 0 Å². The summed E-state index contributed by atoms with van der Waals surface area (Å²) in [5.41, 5.74) is 0. The van der Waals surface area contributed by atoms with Crippen molar-refractivity contribution < 1.29 is 19.7 Å². The standard InChI is InChI=1S/C8H10N4O5/c13-6-3-11(17-5-6)8(14)4-10-2-1-7(9-10)12(15)16/h1-2,6,13H,3-5H2/t6-/m1/s1. The number of nitro groups is 1. The molecule has 2 heterocycles. The number of aromatic nitrogens is 2. The second-order valence-corrected chi connectivity index (χ2v) is 3.53. The smallest absolute Gasteiger partial charge is 0.389 e. The molecule has 1 aliphatic rings. The van der Waals surface area contributed by atoms with Crippen LogP contribution >= 0.6 is 0 Å². The lowest BCUT2D eigenvalue weighted by Gasteiger charge is -2.12. The molecular weight excluding hydrogens is 232 g/mol. The fourth-order valence-electron chi connectivity index (χ4n) is 1.40. The van der Waals surface area contributed by atoms with Crippen molar-refractivity contribution >= 4 is 11.7 Å². The molecule has 1 atom stereocenters. The van der Waals surface area contributed by atoms with E-state index in [9.17, 15) is 14.9 Å². The second kappa shape index (κ2) is 4.47. The zero-order valence-corrected chi connectivity index (χ0v) is 8.72. The molecule has 9 nitrogen and oxygen atoms in total. The number of nitrogens with zero attached hydrogens (tertiary/aromatic N) is 4. The van der Waals surface area contributed by atoms with Crippen LogP contribution < -0.4 is 0 Å². The van der Waals surface area contributed by atoms with Crippen molar-refractivity contribution in [2.75, 3.05) is 13.2 Å². The van der Waals surface area contributed by atoms with Gasteiger partial charge in [-0.3, -0.25) is 9.63 Å². The molecule has 1 fully saturated rings. The largest absolute Gasteiger partial charge is 0.389 e. The zero-order valence-electron chi connectivity index (χ0n) is 8.72. The number of amides is 1. The van der Waals surface area contributed by atoms with Crippen LogP contribution in [0.3, 0.4) is 0 Å². The van der Waals surface area contributed by atoms with E-state index in [1.54, 1.807) is 0 Å². The first-order valence-corrected chi connectivity index (χ1v) is 4.85. The quantitative estimate of drug-likeness (QED) is 0.533. The monoisotopic (exact) mass is 242 g/mol. The predicted molar refractivity (Wildman–Crippen MR) is 52.6 cm³/mol. The van der Waals surface area contributed by atoms with E-state index >= 15 is 0 Å². The first kappa shape index (κ1) is 11.5. The molecule has 0 spiro atoms. The zero-order chi connectivity index (χ0) is 12.4. The van der Waals surface area contributed by atoms with Crippen molar-refractivity contribution in [2.24, 2.45) is 0 Å². The van der Waals surface area contributed by atoms with E-state index in [1.165, 1.54) is 12.3 Å². The Hall–Kier alpha value is -2.00. The summed E-state index contributed by atoms with van der Waals surface area (Å²) in [7, 11) is 0. The number of hydrogen-bond donors (Lipinski definition) is 1. The summed E-state index contributed by atoms with van der Waals surface area (Å²) in [6, 6.07) is 1.20. The van der Waals surface area contributed by atoms with Gasteiger partial charge in [-0.15, -0.1) is 0 Å². The first-order valence-electron chi connectivity index (χ1n) is 4.85. The van der Waals surface area contributed by atoms with E-state index in [1.807, 2.05) is 0 Å². The summed E-state index contributed by atoms with van der Waals surface area (Å²) in [5.74, 6) is -0.736. The number of carbonyl (C=O) groups is 1. The van der Waals surface area contributed by atoms with Gasteiger partial charge in [0.05, 0.1) is 30.0 Å². The Balaban J connectivity index is 1.96. The lowest BCUT2D eigenvalue weighted by molar-refractivity contribution is -0.389. The lowest BCUT2D eigenvalue weighted by Crippen LogP contribution is -2.31. The summed E-state index contributed by atoms with van der Waals surface area (Å²) in [4.78, 5) is 26.2. The van der Waals surface area contributed by atoms with Gasteiger partial charge in [0.15, 0.2) is 0 Å². The van der Waals surface area contributed by atoms with Gasteiger partial charge < -0.3 is 15.2 Å². The third kappa shape index (κ3) is 2.57. The second-order valence-electron chi connectivity index (χ2n) is 3.53. The summed E-state index contributed by atoms with van der Waals surface area (Å²) < 4.78 is 1.15. The number of hydroxylamine groups is 2. The van der Waals surface area contributed by atoms with Crippen molar-refractivity contribution in [3.63, 3.8) is 0 Å². The Morgan fingerprint density at radius 3 is 3.06 bits per heavy atom. The van der Waals surface area contributed by atoms with Gasteiger partial charge in [-0.1, -0.05) is 0 Å². The molecule has 17 heavy (non-hydrogen) atoms. The van der Waals surface area contributed by atoms with Crippen LogP contribution in [0.4, 0.5) is 5.82 Å². The highest BCUT2D eigenvalue weighted by atomic mass is 16.7. The molecule has 1 amide bonds. The van der Waals surface area contributed by atoms with Crippen molar-refractivity contribution in [2.45, 2.75) is 12.6 Å². The maximum atomic E-state index is 11.6. The molecule has 1 aliphatic heterocycles. The van der Waals surface area contributed by atoms with Crippen molar-refractivity contribution in [3.05, 3.63) is 22.4 Å². The van der Waals surface area contributed by atoms with Crippen LogP contribution in [0, 0.1) is 10.1 Å². The van der Waals surface area contributed by atoms with Gasteiger partial charge in [0.1, 0.15) is 13.2 Å². The van der Waals surface area contributed by atoms with Crippen molar-refractivity contribution in [3.8, 4) is 0 Å². The molecule has 1 N–H and O–H groups in total. The summed E-state index contributed by atoms with van der Waals surface area (Å²) in [6.45, 7) is 0.00769. The van der Waals surface area contributed by atoms with Gasteiger partial charge in [0, 0.05) is 0 Å². The summed E-state index contributed by atoms with van der Waals surface area (Å²) >= 11 is 0. The Morgan fingerprint density at radius 1 is 1.76 bits per heavy atom. The van der Waals surface area contributed by atoms with E-state index in [4.69, 9.17) is 9.94 Å². The lowest BCUT2D eigenvalue weighted by atomic mass is 10.4. The Morgan fingerprint density at radius 2 is 2.53 bits per heavy atom. The number of carbonyl (C=O) groups excluding carboxylic acids is 1.